The fourth-order valence-corrected chi connectivity index (χ4v) is 3.32. The largest absolute Gasteiger partial charge is 0.316 e. The number of hydrogen-bond acceptors (Lipinski definition) is 1. The average molecular weight is 229 g/mol. The molecule has 17 heavy (non-hydrogen) atoms. The summed E-state index contributed by atoms with van der Waals surface area (Å²) in [4.78, 5) is 0. The lowest BCUT2D eigenvalue weighted by molar-refractivity contribution is 0.461. The van der Waals surface area contributed by atoms with Crippen LogP contribution in [-0.4, -0.2) is 13.1 Å². The standard InChI is InChI=1S/C16H23N/c1-2-5-13-8-9-15(11-14(13)6-3-1)16-7-4-10-17-12-16/h8-9,11,16-17H,1-7,10,12H2. The van der Waals surface area contributed by atoms with E-state index in [0.29, 0.717) is 0 Å². The number of piperidine rings is 1. The van der Waals surface area contributed by atoms with Gasteiger partial charge < -0.3 is 5.32 Å². The third-order valence-corrected chi connectivity index (χ3v) is 4.39. The van der Waals surface area contributed by atoms with E-state index < -0.39 is 0 Å². The van der Waals surface area contributed by atoms with Crippen LogP contribution >= 0.6 is 0 Å². The minimum Gasteiger partial charge on any atom is -0.316 e. The molecule has 1 N–H and O–H groups in total. The molecule has 1 unspecified atom stereocenters. The highest BCUT2D eigenvalue weighted by Crippen LogP contribution is 2.28. The highest BCUT2D eigenvalue weighted by Gasteiger charge is 2.16. The summed E-state index contributed by atoms with van der Waals surface area (Å²) in [6.45, 7) is 2.39. The van der Waals surface area contributed by atoms with Crippen molar-refractivity contribution in [2.75, 3.05) is 13.1 Å². The molecule has 3 rings (SSSR count). The molecule has 0 spiro atoms. The van der Waals surface area contributed by atoms with Crippen molar-refractivity contribution in [1.29, 1.82) is 0 Å². The van der Waals surface area contributed by atoms with E-state index in [1.165, 1.54) is 58.0 Å². The molecule has 1 fully saturated rings. The average Bonchev–Trinajstić information content (AvgIpc) is 2.64. The van der Waals surface area contributed by atoms with Crippen molar-refractivity contribution in [3.63, 3.8) is 0 Å². The number of hydrogen-bond donors (Lipinski definition) is 1. The SMILES string of the molecule is c1cc2c(cc1C1CCCNC1)CCCCC2. The van der Waals surface area contributed by atoms with Gasteiger partial charge in [0.2, 0.25) is 0 Å². The second kappa shape index (κ2) is 5.22. The topological polar surface area (TPSA) is 12.0 Å². The lowest BCUT2D eigenvalue weighted by atomic mass is 9.88. The third kappa shape index (κ3) is 2.55. The van der Waals surface area contributed by atoms with Gasteiger partial charge in [0.15, 0.2) is 0 Å². The molecule has 0 amide bonds. The lowest BCUT2D eigenvalue weighted by Crippen LogP contribution is -2.28. The predicted molar refractivity (Wildman–Crippen MR) is 72.5 cm³/mol. The van der Waals surface area contributed by atoms with Crippen LogP contribution in [0.15, 0.2) is 18.2 Å². The second-order valence-corrected chi connectivity index (χ2v) is 5.63. The molecule has 1 aromatic carbocycles. The first-order chi connectivity index (χ1) is 8.43. The van der Waals surface area contributed by atoms with Crippen LogP contribution in [0.1, 0.15) is 54.7 Å². The molecule has 0 saturated carbocycles. The molecule has 1 aromatic rings. The normalized spacial score (nSPS) is 25.1. The van der Waals surface area contributed by atoms with Crippen molar-refractivity contribution in [1.82, 2.24) is 5.32 Å². The van der Waals surface area contributed by atoms with E-state index in [-0.39, 0.29) is 0 Å². The van der Waals surface area contributed by atoms with E-state index in [2.05, 4.69) is 23.5 Å². The number of nitrogens with one attached hydrogen (secondary N) is 1. The second-order valence-electron chi connectivity index (χ2n) is 5.63. The molecule has 1 aliphatic carbocycles. The van der Waals surface area contributed by atoms with Gasteiger partial charge in [0.25, 0.3) is 0 Å². The zero-order chi connectivity index (χ0) is 11.5. The zero-order valence-electron chi connectivity index (χ0n) is 10.7. The van der Waals surface area contributed by atoms with Crippen molar-refractivity contribution in [2.24, 2.45) is 0 Å². The summed E-state index contributed by atoms with van der Waals surface area (Å²) in [5.41, 5.74) is 4.85. The minimum atomic E-state index is 0.761. The first-order valence-corrected chi connectivity index (χ1v) is 7.26. The number of rotatable bonds is 1. The number of fused-ring (bicyclic) bond motifs is 1. The smallest absolute Gasteiger partial charge is 0.00201 e. The lowest BCUT2D eigenvalue weighted by Gasteiger charge is -2.24. The van der Waals surface area contributed by atoms with Crippen molar-refractivity contribution in [3.05, 3.63) is 34.9 Å². The maximum Gasteiger partial charge on any atom is 0.00201 e. The van der Waals surface area contributed by atoms with E-state index in [1.807, 2.05) is 0 Å². The van der Waals surface area contributed by atoms with E-state index >= 15 is 0 Å². The molecule has 1 aliphatic heterocycles. The van der Waals surface area contributed by atoms with Gasteiger partial charge in [-0.2, -0.15) is 0 Å². The van der Waals surface area contributed by atoms with E-state index in [1.54, 1.807) is 16.7 Å². The summed E-state index contributed by atoms with van der Waals surface area (Å²) in [5, 5.41) is 3.53. The number of benzene rings is 1. The van der Waals surface area contributed by atoms with Gasteiger partial charge in [-0.3, -0.25) is 0 Å². The Bertz CT molecular complexity index is 377. The maximum absolute atomic E-state index is 3.53. The van der Waals surface area contributed by atoms with Crippen LogP contribution in [0.4, 0.5) is 0 Å². The van der Waals surface area contributed by atoms with Crippen LogP contribution in [0.3, 0.4) is 0 Å². The van der Waals surface area contributed by atoms with Gasteiger partial charge in [-0.15, -0.1) is 0 Å². The molecule has 1 atom stereocenters. The molecule has 0 bridgehead atoms. The first kappa shape index (κ1) is 11.3. The highest BCUT2D eigenvalue weighted by molar-refractivity contribution is 5.35. The summed E-state index contributed by atoms with van der Waals surface area (Å²) >= 11 is 0. The van der Waals surface area contributed by atoms with Crippen molar-refractivity contribution >= 4 is 0 Å². The summed E-state index contributed by atoms with van der Waals surface area (Å²) in [5.74, 6) is 0.761. The molecule has 0 aromatic heterocycles. The Morgan fingerprint density at radius 2 is 1.82 bits per heavy atom. The molecule has 0 radical (unpaired) electrons. The molecule has 1 nitrogen and oxygen atoms in total. The Kier molecular flexibility index (Phi) is 3.46. The van der Waals surface area contributed by atoms with Crippen LogP contribution in [0, 0.1) is 0 Å². The Balaban J connectivity index is 1.83. The van der Waals surface area contributed by atoms with Gasteiger partial charge >= 0.3 is 0 Å². The molecular formula is C16H23N. The Morgan fingerprint density at radius 3 is 2.65 bits per heavy atom. The van der Waals surface area contributed by atoms with E-state index in [9.17, 15) is 0 Å². The Morgan fingerprint density at radius 1 is 0.941 bits per heavy atom. The molecule has 1 heterocycles. The Labute approximate surface area is 105 Å². The van der Waals surface area contributed by atoms with E-state index in [0.717, 1.165) is 5.92 Å². The van der Waals surface area contributed by atoms with Gasteiger partial charge in [-0.05, 0) is 67.7 Å². The molecule has 2 aliphatic rings. The van der Waals surface area contributed by atoms with Crippen LogP contribution in [0.5, 0.6) is 0 Å². The van der Waals surface area contributed by atoms with Crippen molar-refractivity contribution in [3.8, 4) is 0 Å². The first-order valence-electron chi connectivity index (χ1n) is 7.26. The van der Waals surface area contributed by atoms with Crippen LogP contribution in [-0.2, 0) is 12.8 Å². The summed E-state index contributed by atoms with van der Waals surface area (Å²) < 4.78 is 0. The maximum atomic E-state index is 3.53. The Hall–Kier alpha value is -0.820. The van der Waals surface area contributed by atoms with Crippen LogP contribution in [0.2, 0.25) is 0 Å². The fourth-order valence-electron chi connectivity index (χ4n) is 3.32. The minimum absolute atomic E-state index is 0.761. The van der Waals surface area contributed by atoms with Gasteiger partial charge in [-0.25, -0.2) is 0 Å². The van der Waals surface area contributed by atoms with Gasteiger partial charge in [0, 0.05) is 6.54 Å². The zero-order valence-corrected chi connectivity index (χ0v) is 10.7. The van der Waals surface area contributed by atoms with Gasteiger partial charge in [0.1, 0.15) is 0 Å². The summed E-state index contributed by atoms with van der Waals surface area (Å²) in [7, 11) is 0. The highest BCUT2D eigenvalue weighted by atomic mass is 14.9. The van der Waals surface area contributed by atoms with Crippen molar-refractivity contribution in [2.45, 2.75) is 50.9 Å². The monoisotopic (exact) mass is 229 g/mol. The number of aryl methyl sites for hydroxylation is 2. The molecule has 1 saturated heterocycles. The van der Waals surface area contributed by atoms with Gasteiger partial charge in [-0.1, -0.05) is 24.6 Å². The van der Waals surface area contributed by atoms with E-state index in [4.69, 9.17) is 0 Å². The van der Waals surface area contributed by atoms with Gasteiger partial charge in [0.05, 0.1) is 0 Å². The molecular weight excluding hydrogens is 206 g/mol. The third-order valence-electron chi connectivity index (χ3n) is 4.39. The fraction of sp³-hybridized carbons (Fsp3) is 0.625. The quantitative estimate of drug-likeness (QED) is 0.728. The van der Waals surface area contributed by atoms with Crippen molar-refractivity contribution < 1.29 is 0 Å². The summed E-state index contributed by atoms with van der Waals surface area (Å²) in [6.07, 6.45) is 9.50. The summed E-state index contributed by atoms with van der Waals surface area (Å²) in [6, 6.07) is 7.31. The predicted octanol–water partition coefficient (Wildman–Crippen LogP) is 3.42. The molecule has 1 heteroatoms. The van der Waals surface area contributed by atoms with Crippen LogP contribution < -0.4 is 5.32 Å². The van der Waals surface area contributed by atoms with Crippen LogP contribution in [0.25, 0.3) is 0 Å². The molecule has 92 valence electrons.